The van der Waals surface area contributed by atoms with Gasteiger partial charge in [-0.15, -0.1) is 0 Å². The highest BCUT2D eigenvalue weighted by atomic mass is 19.1. The van der Waals surface area contributed by atoms with Crippen molar-refractivity contribution in [1.29, 1.82) is 0 Å². The molecule has 136 valence electrons. The van der Waals surface area contributed by atoms with Crippen LogP contribution in [0.1, 0.15) is 16.7 Å². The lowest BCUT2D eigenvalue weighted by Crippen LogP contribution is -1.90. The lowest BCUT2D eigenvalue weighted by Gasteiger charge is -2.03. The van der Waals surface area contributed by atoms with Crippen LogP contribution >= 0.6 is 0 Å². The van der Waals surface area contributed by atoms with Gasteiger partial charge in [0.05, 0.1) is 12.3 Å². The van der Waals surface area contributed by atoms with Crippen LogP contribution in [-0.4, -0.2) is 12.1 Å². The first-order valence-corrected chi connectivity index (χ1v) is 8.97. The second-order valence-electron chi connectivity index (χ2n) is 6.52. The zero-order valence-electron chi connectivity index (χ0n) is 15.4. The molecule has 0 saturated carbocycles. The van der Waals surface area contributed by atoms with Gasteiger partial charge in [0.1, 0.15) is 5.82 Å². The predicted molar refractivity (Wildman–Crippen MR) is 110 cm³/mol. The second kappa shape index (κ2) is 8.04. The third-order valence-corrected chi connectivity index (χ3v) is 4.47. The molecule has 0 fully saturated rings. The zero-order chi connectivity index (χ0) is 19.3. The molecule has 28 heavy (non-hydrogen) atoms. The Morgan fingerprint density at radius 2 is 1.54 bits per heavy atom. The summed E-state index contributed by atoms with van der Waals surface area (Å²) in [6.45, 7) is 0.561. The number of benzene rings is 3. The maximum Gasteiger partial charge on any atom is 0.123 e. The van der Waals surface area contributed by atoms with E-state index < -0.39 is 0 Å². The van der Waals surface area contributed by atoms with Gasteiger partial charge in [0.15, 0.2) is 0 Å². The van der Waals surface area contributed by atoms with E-state index in [4.69, 9.17) is 4.74 Å². The van der Waals surface area contributed by atoms with E-state index in [0.717, 1.165) is 38.7 Å². The summed E-state index contributed by atoms with van der Waals surface area (Å²) in [5.41, 5.74) is 4.84. The molecule has 1 heterocycles. The van der Waals surface area contributed by atoms with Crippen molar-refractivity contribution in [2.45, 2.75) is 6.61 Å². The van der Waals surface area contributed by atoms with E-state index >= 15 is 0 Å². The first kappa shape index (κ1) is 17.9. The molecule has 0 N–H and O–H groups in total. The Kier molecular flexibility index (Phi) is 5.14. The van der Waals surface area contributed by atoms with Crippen molar-refractivity contribution < 1.29 is 9.13 Å². The second-order valence-corrected chi connectivity index (χ2v) is 6.52. The van der Waals surface area contributed by atoms with Gasteiger partial charge in [-0.2, -0.15) is 0 Å². The monoisotopic (exact) mass is 367 g/mol. The Morgan fingerprint density at radius 1 is 0.821 bits per heavy atom. The number of ether oxygens (including phenoxy) is 1. The number of halogens is 1. The molecule has 3 heteroatoms. The maximum atomic E-state index is 13.3. The van der Waals surface area contributed by atoms with Crippen LogP contribution in [0.15, 0.2) is 79.0 Å². The van der Waals surface area contributed by atoms with Crippen LogP contribution in [0.5, 0.6) is 0 Å². The number of nitrogens with zero attached hydrogens (tertiary/aromatic N) is 1. The quantitative estimate of drug-likeness (QED) is 0.441. The van der Waals surface area contributed by atoms with Crippen LogP contribution in [-0.2, 0) is 11.3 Å². The summed E-state index contributed by atoms with van der Waals surface area (Å²) in [6, 6.07) is 22.6. The largest absolute Gasteiger partial charge is 0.380 e. The molecule has 0 radical (unpaired) electrons. The van der Waals surface area contributed by atoms with E-state index in [0.29, 0.717) is 6.61 Å². The molecule has 0 aliphatic carbocycles. The molecule has 0 atom stereocenters. The molecule has 0 bridgehead atoms. The van der Waals surface area contributed by atoms with Crippen LogP contribution < -0.4 is 0 Å². The third-order valence-electron chi connectivity index (χ3n) is 4.47. The van der Waals surface area contributed by atoms with Crippen molar-refractivity contribution in [3.8, 4) is 23.1 Å². The Labute approximate surface area is 163 Å². The van der Waals surface area contributed by atoms with Crippen LogP contribution in [0.2, 0.25) is 0 Å². The van der Waals surface area contributed by atoms with Crippen LogP contribution in [0.4, 0.5) is 4.39 Å². The van der Waals surface area contributed by atoms with E-state index in [-0.39, 0.29) is 5.82 Å². The average Bonchev–Trinajstić information content (AvgIpc) is 2.73. The Balaban J connectivity index is 1.53. The Bertz CT molecular complexity index is 1170. The highest BCUT2D eigenvalue weighted by molar-refractivity contribution is 5.84. The number of methoxy groups -OCH3 is 1. The minimum atomic E-state index is -0.228. The fourth-order valence-corrected chi connectivity index (χ4v) is 3.01. The molecule has 4 aromatic rings. The van der Waals surface area contributed by atoms with Crippen LogP contribution in [0.3, 0.4) is 0 Å². The third kappa shape index (κ3) is 4.09. The van der Waals surface area contributed by atoms with Gasteiger partial charge < -0.3 is 4.74 Å². The number of pyridine rings is 1. The standard InChI is InChI=1S/C25H18FNO/c1-28-17-20-7-13-25(27-16-20)21-8-4-18(5-9-21)2-3-19-6-10-23-15-24(26)12-11-22(23)14-19/h4-16H,17H2,1H3. The molecule has 0 aliphatic heterocycles. The molecular weight excluding hydrogens is 349 g/mol. The van der Waals surface area contributed by atoms with Crippen LogP contribution in [0, 0.1) is 17.7 Å². The molecule has 0 saturated heterocycles. The van der Waals surface area contributed by atoms with Gasteiger partial charge in [0.2, 0.25) is 0 Å². The minimum Gasteiger partial charge on any atom is -0.380 e. The van der Waals surface area contributed by atoms with E-state index in [1.807, 2.05) is 60.8 Å². The predicted octanol–water partition coefficient (Wildman–Crippen LogP) is 5.59. The van der Waals surface area contributed by atoms with Crippen molar-refractivity contribution in [1.82, 2.24) is 4.98 Å². The van der Waals surface area contributed by atoms with E-state index in [1.165, 1.54) is 12.1 Å². The highest BCUT2D eigenvalue weighted by Crippen LogP contribution is 2.19. The topological polar surface area (TPSA) is 22.1 Å². The molecule has 0 spiro atoms. The summed E-state index contributed by atoms with van der Waals surface area (Å²) >= 11 is 0. The zero-order valence-corrected chi connectivity index (χ0v) is 15.4. The summed E-state index contributed by atoms with van der Waals surface area (Å²) in [5.74, 6) is 6.13. The summed E-state index contributed by atoms with van der Waals surface area (Å²) < 4.78 is 18.4. The molecule has 0 amide bonds. The Morgan fingerprint density at radius 3 is 2.29 bits per heavy atom. The minimum absolute atomic E-state index is 0.228. The number of rotatable bonds is 3. The smallest absolute Gasteiger partial charge is 0.123 e. The van der Waals surface area contributed by atoms with Gasteiger partial charge in [-0.05, 0) is 58.8 Å². The van der Waals surface area contributed by atoms with E-state index in [1.54, 1.807) is 13.2 Å². The lowest BCUT2D eigenvalue weighted by molar-refractivity contribution is 0.184. The van der Waals surface area contributed by atoms with Gasteiger partial charge in [0.25, 0.3) is 0 Å². The summed E-state index contributed by atoms with van der Waals surface area (Å²) in [7, 11) is 1.67. The van der Waals surface area contributed by atoms with Gasteiger partial charge in [0, 0.05) is 30.0 Å². The molecule has 3 aromatic carbocycles. The molecular formula is C25H18FNO. The van der Waals surface area contributed by atoms with Gasteiger partial charge in [-0.3, -0.25) is 4.98 Å². The molecule has 2 nitrogen and oxygen atoms in total. The van der Waals surface area contributed by atoms with Gasteiger partial charge in [-0.25, -0.2) is 4.39 Å². The van der Waals surface area contributed by atoms with Crippen LogP contribution in [0.25, 0.3) is 22.0 Å². The van der Waals surface area contributed by atoms with Crippen molar-refractivity contribution in [2.24, 2.45) is 0 Å². The van der Waals surface area contributed by atoms with Gasteiger partial charge in [-0.1, -0.05) is 42.2 Å². The normalized spacial score (nSPS) is 10.5. The van der Waals surface area contributed by atoms with E-state index in [9.17, 15) is 4.39 Å². The van der Waals surface area contributed by atoms with Gasteiger partial charge >= 0.3 is 0 Å². The first-order valence-electron chi connectivity index (χ1n) is 8.97. The molecule has 0 aliphatic rings. The Hall–Kier alpha value is -3.48. The number of aromatic nitrogens is 1. The molecule has 1 aromatic heterocycles. The number of fused-ring (bicyclic) bond motifs is 1. The summed E-state index contributed by atoms with van der Waals surface area (Å²) in [5, 5.41) is 1.85. The van der Waals surface area contributed by atoms with Crippen molar-refractivity contribution in [3.63, 3.8) is 0 Å². The SMILES string of the molecule is COCc1ccc(-c2ccc(C#Cc3ccc4cc(F)ccc4c3)cc2)nc1. The fourth-order valence-electron chi connectivity index (χ4n) is 3.01. The highest BCUT2D eigenvalue weighted by Gasteiger charge is 2.00. The average molecular weight is 367 g/mol. The van der Waals surface area contributed by atoms with E-state index in [2.05, 4.69) is 16.8 Å². The fraction of sp³-hybridized carbons (Fsp3) is 0.0800. The number of hydrogen-bond donors (Lipinski definition) is 0. The van der Waals surface area contributed by atoms with Crippen molar-refractivity contribution in [3.05, 3.63) is 102 Å². The number of hydrogen-bond acceptors (Lipinski definition) is 2. The maximum absolute atomic E-state index is 13.3. The lowest BCUT2D eigenvalue weighted by atomic mass is 10.1. The molecule has 4 rings (SSSR count). The summed E-state index contributed by atoms with van der Waals surface area (Å²) in [4.78, 5) is 4.48. The van der Waals surface area contributed by atoms with Crippen molar-refractivity contribution >= 4 is 10.8 Å². The summed E-state index contributed by atoms with van der Waals surface area (Å²) in [6.07, 6.45) is 1.83. The molecule has 0 unspecified atom stereocenters. The first-order chi connectivity index (χ1) is 13.7. The van der Waals surface area contributed by atoms with Crippen molar-refractivity contribution in [2.75, 3.05) is 7.11 Å².